The van der Waals surface area contributed by atoms with Gasteiger partial charge in [-0.25, -0.2) is 0 Å². The van der Waals surface area contributed by atoms with E-state index in [-0.39, 0.29) is 0 Å². The second-order valence-corrected chi connectivity index (χ2v) is 3.83. The SMILES string of the molecule is CCCCCCCC1=CCCCO1. The fourth-order valence-corrected chi connectivity index (χ4v) is 1.69. The van der Waals surface area contributed by atoms with Gasteiger partial charge in [-0.15, -0.1) is 0 Å². The second-order valence-electron chi connectivity index (χ2n) is 3.83. The van der Waals surface area contributed by atoms with Crippen LogP contribution in [-0.4, -0.2) is 6.61 Å². The van der Waals surface area contributed by atoms with Crippen LogP contribution in [0.25, 0.3) is 0 Å². The summed E-state index contributed by atoms with van der Waals surface area (Å²) in [5.41, 5.74) is 0. The minimum atomic E-state index is 0.945. The highest BCUT2D eigenvalue weighted by molar-refractivity contribution is 4.95. The van der Waals surface area contributed by atoms with Gasteiger partial charge in [0.05, 0.1) is 12.4 Å². The van der Waals surface area contributed by atoms with Crippen LogP contribution in [0, 0.1) is 0 Å². The van der Waals surface area contributed by atoms with E-state index in [0.717, 1.165) is 6.61 Å². The van der Waals surface area contributed by atoms with Crippen LogP contribution in [0.3, 0.4) is 0 Å². The van der Waals surface area contributed by atoms with Gasteiger partial charge in [0.2, 0.25) is 0 Å². The maximum absolute atomic E-state index is 5.55. The third-order valence-corrected chi connectivity index (χ3v) is 2.53. The largest absolute Gasteiger partial charge is 0.498 e. The summed E-state index contributed by atoms with van der Waals surface area (Å²) in [5, 5.41) is 0. The Kier molecular flexibility index (Phi) is 5.71. The van der Waals surface area contributed by atoms with Gasteiger partial charge in [0.15, 0.2) is 0 Å². The second kappa shape index (κ2) is 6.99. The quantitative estimate of drug-likeness (QED) is 0.563. The van der Waals surface area contributed by atoms with Crippen molar-refractivity contribution in [3.8, 4) is 0 Å². The Morgan fingerprint density at radius 2 is 2.08 bits per heavy atom. The molecule has 0 aliphatic carbocycles. The zero-order valence-electron chi connectivity index (χ0n) is 8.85. The molecule has 1 nitrogen and oxygen atoms in total. The predicted molar refractivity (Wildman–Crippen MR) is 56.6 cm³/mol. The fraction of sp³-hybridized carbons (Fsp3) is 0.833. The van der Waals surface area contributed by atoms with E-state index >= 15 is 0 Å². The molecule has 0 aromatic heterocycles. The number of allylic oxidation sites excluding steroid dienone is 2. The number of ether oxygens (including phenoxy) is 1. The highest BCUT2D eigenvalue weighted by atomic mass is 16.5. The Hall–Kier alpha value is -0.460. The summed E-state index contributed by atoms with van der Waals surface area (Å²) in [4.78, 5) is 0. The van der Waals surface area contributed by atoms with Gasteiger partial charge in [-0.05, 0) is 25.3 Å². The molecule has 0 aromatic rings. The van der Waals surface area contributed by atoms with E-state index in [4.69, 9.17) is 4.74 Å². The molecule has 1 aliphatic rings. The average molecular weight is 182 g/mol. The Balaban J connectivity index is 1.95. The molecule has 0 aromatic carbocycles. The summed E-state index contributed by atoms with van der Waals surface area (Å²) in [6, 6.07) is 0. The molecule has 1 heteroatoms. The minimum Gasteiger partial charge on any atom is -0.498 e. The van der Waals surface area contributed by atoms with Gasteiger partial charge in [0, 0.05) is 6.42 Å². The normalized spacial score (nSPS) is 16.5. The van der Waals surface area contributed by atoms with Crippen LogP contribution in [0.2, 0.25) is 0 Å². The molecule has 76 valence electrons. The predicted octanol–water partition coefficient (Wildman–Crippen LogP) is 4.04. The van der Waals surface area contributed by atoms with Gasteiger partial charge in [-0.2, -0.15) is 0 Å². The lowest BCUT2D eigenvalue weighted by Crippen LogP contribution is -2.00. The van der Waals surface area contributed by atoms with Gasteiger partial charge in [-0.1, -0.05) is 32.6 Å². The number of rotatable bonds is 6. The first-order chi connectivity index (χ1) is 6.43. The number of unbranched alkanes of at least 4 members (excludes halogenated alkanes) is 4. The third-order valence-electron chi connectivity index (χ3n) is 2.53. The zero-order chi connectivity index (χ0) is 9.36. The van der Waals surface area contributed by atoms with Crippen molar-refractivity contribution in [2.75, 3.05) is 6.61 Å². The van der Waals surface area contributed by atoms with Gasteiger partial charge in [-0.3, -0.25) is 0 Å². The van der Waals surface area contributed by atoms with Gasteiger partial charge in [0.1, 0.15) is 0 Å². The first-order valence-corrected chi connectivity index (χ1v) is 5.75. The molecule has 0 saturated heterocycles. The summed E-state index contributed by atoms with van der Waals surface area (Å²) in [7, 11) is 0. The van der Waals surface area contributed by atoms with Crippen molar-refractivity contribution >= 4 is 0 Å². The smallest absolute Gasteiger partial charge is 0.0919 e. The lowest BCUT2D eigenvalue weighted by Gasteiger charge is -2.14. The molecule has 0 radical (unpaired) electrons. The van der Waals surface area contributed by atoms with E-state index in [1.165, 1.54) is 57.1 Å². The maximum Gasteiger partial charge on any atom is 0.0919 e. The van der Waals surface area contributed by atoms with Gasteiger partial charge < -0.3 is 4.74 Å². The maximum atomic E-state index is 5.55. The summed E-state index contributed by atoms with van der Waals surface area (Å²) >= 11 is 0. The molecule has 0 atom stereocenters. The highest BCUT2D eigenvalue weighted by Crippen LogP contribution is 2.16. The van der Waals surface area contributed by atoms with E-state index < -0.39 is 0 Å². The van der Waals surface area contributed by atoms with Gasteiger partial charge in [0.25, 0.3) is 0 Å². The summed E-state index contributed by atoms with van der Waals surface area (Å²) in [6.45, 7) is 3.20. The molecule has 0 fully saturated rings. The molecule has 13 heavy (non-hydrogen) atoms. The van der Waals surface area contributed by atoms with Gasteiger partial charge >= 0.3 is 0 Å². The van der Waals surface area contributed by atoms with Crippen LogP contribution in [0.1, 0.15) is 58.3 Å². The molecule has 0 unspecified atom stereocenters. The molecule has 0 spiro atoms. The van der Waals surface area contributed by atoms with Crippen molar-refractivity contribution in [1.29, 1.82) is 0 Å². The number of hydrogen-bond donors (Lipinski definition) is 0. The van der Waals surface area contributed by atoms with Crippen molar-refractivity contribution < 1.29 is 4.74 Å². The van der Waals surface area contributed by atoms with Crippen molar-refractivity contribution in [3.05, 3.63) is 11.8 Å². The molecule has 0 N–H and O–H groups in total. The standard InChI is InChI=1S/C12H22O/c1-2-3-4-5-6-9-12-10-7-8-11-13-12/h10H,2-9,11H2,1H3. The molecule has 1 heterocycles. The lowest BCUT2D eigenvalue weighted by atomic mass is 10.1. The first-order valence-electron chi connectivity index (χ1n) is 5.75. The Bertz CT molecular complexity index is 149. The monoisotopic (exact) mass is 182 g/mol. The lowest BCUT2D eigenvalue weighted by molar-refractivity contribution is 0.182. The highest BCUT2D eigenvalue weighted by Gasteiger charge is 2.02. The molecule has 1 aliphatic heterocycles. The fourth-order valence-electron chi connectivity index (χ4n) is 1.69. The molecule has 1 rings (SSSR count). The Morgan fingerprint density at radius 1 is 1.23 bits per heavy atom. The van der Waals surface area contributed by atoms with E-state index in [0.29, 0.717) is 0 Å². The van der Waals surface area contributed by atoms with Crippen molar-refractivity contribution in [3.63, 3.8) is 0 Å². The van der Waals surface area contributed by atoms with Crippen LogP contribution in [0.5, 0.6) is 0 Å². The van der Waals surface area contributed by atoms with Crippen molar-refractivity contribution in [2.24, 2.45) is 0 Å². The van der Waals surface area contributed by atoms with Crippen LogP contribution in [-0.2, 0) is 4.74 Å². The topological polar surface area (TPSA) is 9.23 Å². The minimum absolute atomic E-state index is 0.945. The molecular weight excluding hydrogens is 160 g/mol. The van der Waals surface area contributed by atoms with Crippen molar-refractivity contribution in [2.45, 2.75) is 58.3 Å². The van der Waals surface area contributed by atoms with Crippen molar-refractivity contribution in [1.82, 2.24) is 0 Å². The summed E-state index contributed by atoms with van der Waals surface area (Å²) in [6.07, 6.45) is 12.7. The van der Waals surface area contributed by atoms with E-state index in [1.54, 1.807) is 0 Å². The first kappa shape index (κ1) is 10.6. The van der Waals surface area contributed by atoms with E-state index in [2.05, 4.69) is 13.0 Å². The van der Waals surface area contributed by atoms with Crippen LogP contribution in [0.15, 0.2) is 11.8 Å². The van der Waals surface area contributed by atoms with E-state index in [1.807, 2.05) is 0 Å². The number of hydrogen-bond acceptors (Lipinski definition) is 1. The van der Waals surface area contributed by atoms with Crippen LogP contribution in [0.4, 0.5) is 0 Å². The molecule has 0 amide bonds. The van der Waals surface area contributed by atoms with E-state index in [9.17, 15) is 0 Å². The summed E-state index contributed by atoms with van der Waals surface area (Å²) < 4.78 is 5.55. The Labute approximate surface area is 82.2 Å². The molecule has 0 saturated carbocycles. The third kappa shape index (κ3) is 4.97. The zero-order valence-corrected chi connectivity index (χ0v) is 8.85. The van der Waals surface area contributed by atoms with Crippen LogP contribution >= 0.6 is 0 Å². The molecular formula is C12H22O. The molecule has 0 bridgehead atoms. The summed E-state index contributed by atoms with van der Waals surface area (Å²) in [5.74, 6) is 1.25. The Morgan fingerprint density at radius 3 is 2.77 bits per heavy atom. The van der Waals surface area contributed by atoms with Crippen LogP contribution < -0.4 is 0 Å². The average Bonchev–Trinajstić information content (AvgIpc) is 2.19.